The predicted octanol–water partition coefficient (Wildman–Crippen LogP) is -0.815. The number of carbonyl (C=O) groups is 6. The van der Waals surface area contributed by atoms with Crippen LogP contribution in [-0.4, -0.2) is 275 Å². The largest absolute Gasteiger partial charge is 0.490 e. The molecular formula is C61H83F9N20O34P4. The lowest BCUT2D eigenvalue weighted by Crippen LogP contribution is -2.47. The number of imidazole rings is 2. The smallest absolute Gasteiger partial charge is 0.475 e. The van der Waals surface area contributed by atoms with Crippen molar-refractivity contribution in [2.24, 2.45) is 5.73 Å². The van der Waals surface area contributed by atoms with E-state index in [9.17, 15) is 131 Å². The van der Waals surface area contributed by atoms with E-state index in [0.717, 1.165) is 28.1 Å². The highest BCUT2D eigenvalue weighted by molar-refractivity contribution is 7.47. The normalized spacial score (nSPS) is 24.2. The van der Waals surface area contributed by atoms with Crippen LogP contribution in [0.4, 0.5) is 67.6 Å². The lowest BCUT2D eigenvalue weighted by molar-refractivity contribution is -0.192. The van der Waals surface area contributed by atoms with Gasteiger partial charge < -0.3 is 122 Å². The van der Waals surface area contributed by atoms with E-state index < -0.39 is 240 Å². The van der Waals surface area contributed by atoms with Gasteiger partial charge in [0, 0.05) is 38.3 Å². The molecule has 4 fully saturated rings. The molecule has 0 aromatic carbocycles. The van der Waals surface area contributed by atoms with Crippen LogP contribution in [0.15, 0.2) is 59.4 Å². The fourth-order valence-electron chi connectivity index (χ4n) is 12.0. The number of unbranched alkanes of at least 4 members (excludes halogenated alkanes) is 2. The Balaban J connectivity index is 0.000000296. The number of phosphoric acid groups is 4. The molecule has 6 aromatic heterocycles. The van der Waals surface area contributed by atoms with Gasteiger partial charge in [0.25, 0.3) is 0 Å². The number of alkyl halides is 9. The Hall–Kier alpha value is -9.79. The van der Waals surface area contributed by atoms with Gasteiger partial charge >= 0.3 is 97.0 Å². The number of fused-ring (bicyclic) bond motifs is 2. The van der Waals surface area contributed by atoms with Gasteiger partial charge in [-0.25, -0.2) is 72.1 Å². The number of alkyl carbamates (subject to hydrolysis) is 1. The van der Waals surface area contributed by atoms with E-state index in [0.29, 0.717) is 0 Å². The highest BCUT2D eigenvalue weighted by Crippen LogP contribution is 2.52. The maximum absolute atomic E-state index is 13.8. The number of aliphatic hydroxyl groups is 2. The molecule has 4 aliphatic rings. The van der Waals surface area contributed by atoms with E-state index >= 15 is 0 Å². The zero-order valence-electron chi connectivity index (χ0n) is 65.9. The number of aliphatic carboxylic acids is 1. The first-order valence-electron chi connectivity index (χ1n) is 36.7. The SMILES string of the molecule is CC(C)(C)OC(=O)N[C@@H](CCCCNC(=O)C(F)(F)F)C(=O)O[C@H]1[C@@H](O)[C@H](n2cnc3c(N)ncnc32)O[C@@H]1COP(=O)(O)O[C@H]1C[C@H](n2ccc(N)nc2=O)O[C@@H]1COP(=O)(O)O.Nc1ccn([C@H]2C[C@H](OP(=O)(O)OC[C@H]3O[C@@H](n4cnc5c(N)ncnc54)[C@H](O)[C@@H]3OC(=O)[C@@H](N)CCCCNC(=O)C(F)(F)F)[C@@H](COP(=O)(O)O)O2)c(=O)n1.O=C(O)C(F)(F)F. The third kappa shape index (κ3) is 29.9. The van der Waals surface area contributed by atoms with Crippen molar-refractivity contribution in [2.45, 2.75) is 194 Å². The number of carbonyl (C=O) groups excluding carboxylic acids is 5. The molecule has 67 heteroatoms. The molecule has 0 saturated carbocycles. The molecule has 54 nitrogen and oxygen atoms in total. The Morgan fingerprint density at radius 2 is 0.922 bits per heavy atom. The van der Waals surface area contributed by atoms with Crippen molar-refractivity contribution in [3.63, 3.8) is 0 Å². The Morgan fingerprint density at radius 3 is 1.29 bits per heavy atom. The number of nitrogen functional groups attached to an aromatic ring is 4. The molecule has 4 saturated heterocycles. The summed E-state index contributed by atoms with van der Waals surface area (Å²) < 4.78 is 231. The lowest BCUT2D eigenvalue weighted by atomic mass is 10.1. The third-order valence-corrected chi connectivity index (χ3v) is 20.7. The molecule has 0 radical (unpaired) electrons. The number of hydrogen-bond acceptors (Lipinski definition) is 40. The van der Waals surface area contributed by atoms with Crippen LogP contribution in [0.25, 0.3) is 22.3 Å². The van der Waals surface area contributed by atoms with Crippen molar-refractivity contribution in [3.8, 4) is 0 Å². The van der Waals surface area contributed by atoms with Crippen molar-refractivity contribution in [1.29, 1.82) is 0 Å². The quantitative estimate of drug-likeness (QED) is 0.00760. The number of aromatic nitrogens is 12. The van der Waals surface area contributed by atoms with Gasteiger partial charge in [-0.1, -0.05) is 0 Å². The minimum absolute atomic E-state index is 0.00760. The number of nitrogens with one attached hydrogen (secondary N) is 3. The molecule has 4 aliphatic heterocycles. The fraction of sp³-hybridized carbons (Fsp3) is 0.607. The second-order valence-corrected chi connectivity index (χ2v) is 33.7. The van der Waals surface area contributed by atoms with Crippen LogP contribution >= 0.6 is 31.3 Å². The number of amides is 3. The minimum atomic E-state index is -5.32. The number of halogens is 9. The first-order valence-corrected chi connectivity index (χ1v) is 42.8. The van der Waals surface area contributed by atoms with Crippen LogP contribution < -0.4 is 56.0 Å². The summed E-state index contributed by atoms with van der Waals surface area (Å²) in [6, 6.07) is -0.504. The highest BCUT2D eigenvalue weighted by Gasteiger charge is 2.54. The summed E-state index contributed by atoms with van der Waals surface area (Å²) in [5.74, 6) is -9.81. The predicted molar refractivity (Wildman–Crippen MR) is 400 cm³/mol. The molecule has 128 heavy (non-hydrogen) atoms. The van der Waals surface area contributed by atoms with E-state index in [1.807, 2.05) is 0 Å². The summed E-state index contributed by atoms with van der Waals surface area (Å²) in [5, 5.41) is 35.8. The van der Waals surface area contributed by atoms with Gasteiger partial charge in [0.1, 0.15) is 114 Å². The van der Waals surface area contributed by atoms with E-state index in [4.69, 9.17) is 89.8 Å². The average Bonchev–Trinajstić information content (AvgIpc) is 1.62. The van der Waals surface area contributed by atoms with Gasteiger partial charge in [0.15, 0.2) is 47.6 Å². The molecule has 2 unspecified atom stereocenters. The van der Waals surface area contributed by atoms with Crippen LogP contribution in [-0.2, 0) is 103 Å². The molecule has 0 spiro atoms. The second-order valence-electron chi connectivity index (χ2n) is 28.4. The van der Waals surface area contributed by atoms with Gasteiger partial charge in [0.2, 0.25) is 0 Å². The minimum Gasteiger partial charge on any atom is -0.475 e. The standard InChI is InChI=1S/C32H45F3N10O17P2.C27H37F3N10O15P2.C2HF3O2/c1-31(2,3)61-30(50)42-15(6-4-5-8-38-28(48)32(33,34)35)27(47)60-23-18(59-26(22(23)46)45-14-41-21-24(37)39-13-40-25(21)45)12-57-64(54,55)62-16-10-20(44-9-7-19(36)43-29(44)49)58-17(16)11-56-63(51,52)53;28-27(29,30)25(43)34-5-2-1-3-12(31)24(42)54-20-15(53-23(19(20)41)40-11-37-18-21(33)35-10-36-22(18)40)9-51-57(48,49)55-13-7-17(39-6-4-16(32)38-26(39)44)52-14(13)8-50-56(45,46)47;3-2(4,5)1(6)7/h7,9,13-18,20,22-23,26,46H,4-6,8,10-12H2,1-3H3,(H,38,48)(H,42,50)(H,54,55)(H2,36,43,49)(H2,37,39,40)(H2,51,52,53);4,6,10-15,17,19-20,23,41H,1-3,5,7-9,31H2,(H,34,43)(H,48,49)(H2,32,38,44)(H2,33,35,36)(H2,45,46,47);(H,6,7)/t15-,16-,17+,18+,20+,22+,23+,26+;12-,13-,14+,15+,17+,19+,20+,23+;/m00./s1. The number of carboxylic acids is 1. The summed E-state index contributed by atoms with van der Waals surface area (Å²) in [6.07, 6.45) is -32.7. The van der Waals surface area contributed by atoms with Crippen molar-refractivity contribution in [1.82, 2.24) is 74.1 Å². The average molecular weight is 1940 g/mol. The molecule has 0 aliphatic carbocycles. The number of anilines is 4. The van der Waals surface area contributed by atoms with Crippen LogP contribution in [0.3, 0.4) is 0 Å². The van der Waals surface area contributed by atoms with Gasteiger partial charge in [-0.3, -0.25) is 59.8 Å². The maximum atomic E-state index is 13.8. The number of phosphoric ester groups is 4. The number of carboxylic acid groups (broad SMARTS) is 1. The van der Waals surface area contributed by atoms with Gasteiger partial charge in [-0.05, 0) is 71.4 Å². The van der Waals surface area contributed by atoms with E-state index in [2.05, 4.69) is 54.2 Å². The number of rotatable bonds is 35. The van der Waals surface area contributed by atoms with Gasteiger partial charge in [0.05, 0.1) is 39.1 Å². The lowest BCUT2D eigenvalue weighted by Gasteiger charge is -2.26. The summed E-state index contributed by atoms with van der Waals surface area (Å²) in [7, 11) is -20.8. The van der Waals surface area contributed by atoms with Crippen LogP contribution in [0, 0.1) is 0 Å². The summed E-state index contributed by atoms with van der Waals surface area (Å²) in [5.41, 5.74) is 26.2. The molecule has 22 N–H and O–H groups in total. The summed E-state index contributed by atoms with van der Waals surface area (Å²) in [6.45, 7) is 0.0200. The Kier molecular flexibility index (Phi) is 34.7. The molecule has 10 heterocycles. The van der Waals surface area contributed by atoms with Gasteiger partial charge in [-0.15, -0.1) is 0 Å². The topological polar surface area (TPSA) is 796 Å². The zero-order chi connectivity index (χ0) is 95.3. The second kappa shape index (κ2) is 42.8. The first-order chi connectivity index (χ1) is 59.3. The third-order valence-electron chi connectivity index (χ3n) is 17.8. The summed E-state index contributed by atoms with van der Waals surface area (Å²) >= 11 is 0. The highest BCUT2D eigenvalue weighted by atomic mass is 31.2. The van der Waals surface area contributed by atoms with E-state index in [1.165, 1.54) is 60.8 Å². The molecule has 10 rings (SSSR count). The van der Waals surface area contributed by atoms with Crippen LogP contribution in [0.2, 0.25) is 0 Å². The number of ether oxygens (including phenoxy) is 7. The molecule has 3 amide bonds. The van der Waals surface area contributed by atoms with Crippen LogP contribution in [0.1, 0.15) is 97.0 Å². The summed E-state index contributed by atoms with van der Waals surface area (Å²) in [4.78, 5) is 186. The number of esters is 2. The number of nitrogens with zero attached hydrogens (tertiary/aromatic N) is 12. The molecule has 714 valence electrons. The number of hydrogen-bond donors (Lipinski definition) is 17. The Bertz CT molecular complexity index is 5220. The van der Waals surface area contributed by atoms with Gasteiger partial charge in [-0.2, -0.15) is 49.5 Å². The van der Waals surface area contributed by atoms with Crippen molar-refractivity contribution in [2.75, 3.05) is 62.5 Å². The molecule has 0 bridgehead atoms. The maximum Gasteiger partial charge on any atom is 0.490 e. The van der Waals surface area contributed by atoms with Crippen molar-refractivity contribution < 1.29 is 192 Å². The van der Waals surface area contributed by atoms with E-state index in [1.54, 1.807) is 10.6 Å². The van der Waals surface area contributed by atoms with Crippen molar-refractivity contribution >= 4 is 113 Å². The molecular weight excluding hydrogens is 1850 g/mol. The van der Waals surface area contributed by atoms with Crippen molar-refractivity contribution in [3.05, 3.63) is 70.8 Å². The number of aliphatic hydroxyl groups excluding tert-OH is 2. The monoisotopic (exact) mass is 1930 g/mol. The van der Waals surface area contributed by atoms with E-state index in [-0.39, 0.29) is 97.1 Å². The molecule has 18 atom stereocenters. The first kappa shape index (κ1) is 104. The zero-order valence-corrected chi connectivity index (χ0v) is 69.5. The molecule has 6 aromatic rings. The van der Waals surface area contributed by atoms with Crippen LogP contribution in [0.5, 0.6) is 0 Å². The fourth-order valence-corrected chi connectivity index (χ4v) is 14.6. The number of nitrogens with two attached hydrogens (primary N) is 5. The Morgan fingerprint density at radius 1 is 0.539 bits per heavy atom. The Labute approximate surface area is 709 Å².